The summed E-state index contributed by atoms with van der Waals surface area (Å²) in [5, 5.41) is 2.91. The van der Waals surface area contributed by atoms with Gasteiger partial charge in [-0.3, -0.25) is 9.59 Å². The highest BCUT2D eigenvalue weighted by molar-refractivity contribution is 6.09. The summed E-state index contributed by atoms with van der Waals surface area (Å²) in [7, 11) is 4.10. The number of hydrogen-bond acceptors (Lipinski definition) is 4. The lowest BCUT2D eigenvalue weighted by atomic mass is 9.95. The van der Waals surface area contributed by atoms with Gasteiger partial charge in [0.25, 0.3) is 11.8 Å². The van der Waals surface area contributed by atoms with Crippen molar-refractivity contribution in [1.29, 1.82) is 0 Å². The van der Waals surface area contributed by atoms with E-state index < -0.39 is 0 Å². The number of anilines is 2. The maximum Gasteiger partial charge on any atom is 0.258 e. The Balaban J connectivity index is 1.49. The van der Waals surface area contributed by atoms with Crippen LogP contribution in [-0.2, 0) is 6.42 Å². The number of nitrogens with zero attached hydrogens (tertiary/aromatic N) is 3. The van der Waals surface area contributed by atoms with Crippen LogP contribution < -0.4 is 15.1 Å². The summed E-state index contributed by atoms with van der Waals surface area (Å²) in [4.78, 5) is 31.4. The van der Waals surface area contributed by atoms with Crippen molar-refractivity contribution in [3.05, 3.63) is 58.9 Å². The van der Waals surface area contributed by atoms with Gasteiger partial charge in [0, 0.05) is 49.0 Å². The van der Waals surface area contributed by atoms with Gasteiger partial charge < -0.3 is 20.0 Å². The predicted octanol–water partition coefficient (Wildman–Crippen LogP) is 3.55. The molecule has 0 saturated carbocycles. The number of benzene rings is 2. The van der Waals surface area contributed by atoms with Gasteiger partial charge in [-0.1, -0.05) is 13.8 Å². The third-order valence-electron chi connectivity index (χ3n) is 6.60. The third-order valence-corrected chi connectivity index (χ3v) is 6.60. The Hall–Kier alpha value is -2.93. The normalized spacial score (nSPS) is 18.3. The second-order valence-corrected chi connectivity index (χ2v) is 9.67. The molecule has 0 spiro atoms. The van der Waals surface area contributed by atoms with Crippen molar-refractivity contribution in [3.8, 4) is 0 Å². The van der Waals surface area contributed by atoms with Crippen molar-refractivity contribution in [1.82, 2.24) is 10.2 Å². The van der Waals surface area contributed by atoms with Crippen LogP contribution in [0.4, 0.5) is 15.8 Å². The smallest absolute Gasteiger partial charge is 0.258 e. The summed E-state index contributed by atoms with van der Waals surface area (Å²) >= 11 is 0. The molecule has 0 unspecified atom stereocenters. The van der Waals surface area contributed by atoms with Crippen molar-refractivity contribution in [2.75, 3.05) is 50.1 Å². The molecule has 1 N–H and O–H groups in total. The summed E-state index contributed by atoms with van der Waals surface area (Å²) < 4.78 is 15.0. The van der Waals surface area contributed by atoms with Gasteiger partial charge in [0.05, 0.1) is 5.69 Å². The molecule has 7 heteroatoms. The van der Waals surface area contributed by atoms with Gasteiger partial charge in [0.2, 0.25) is 0 Å². The number of carbonyl (C=O) groups excluding carboxylic acids is 2. The van der Waals surface area contributed by atoms with Crippen molar-refractivity contribution in [2.24, 2.45) is 5.92 Å². The minimum absolute atomic E-state index is 0.127. The average molecular weight is 453 g/mol. The minimum Gasteiger partial charge on any atom is -0.368 e. The molecule has 0 bridgehead atoms. The molecule has 176 valence electrons. The minimum atomic E-state index is -0.303. The van der Waals surface area contributed by atoms with Gasteiger partial charge in [0.15, 0.2) is 0 Å². The van der Waals surface area contributed by atoms with E-state index in [0.717, 1.165) is 25.1 Å². The Kier molecular flexibility index (Phi) is 6.70. The van der Waals surface area contributed by atoms with E-state index in [1.165, 1.54) is 6.07 Å². The van der Waals surface area contributed by atoms with Gasteiger partial charge in [-0.2, -0.15) is 0 Å². The van der Waals surface area contributed by atoms with Gasteiger partial charge >= 0.3 is 0 Å². The first-order valence-electron chi connectivity index (χ1n) is 11.7. The molecule has 0 radical (unpaired) electrons. The van der Waals surface area contributed by atoms with Gasteiger partial charge in [-0.15, -0.1) is 0 Å². The van der Waals surface area contributed by atoms with Crippen molar-refractivity contribution >= 4 is 23.2 Å². The number of carbonyl (C=O) groups is 2. The standard InChI is InChI=1S/C26H33FN4O2/c1-17(2)15-28-25(32)19-5-7-22-18(13-19)9-12-31(26(22)33)20-6-8-24(23(27)14-20)30-11-10-21(16-30)29(3)4/h5-8,13-14,17,21H,9-12,15-16H2,1-4H3,(H,28,32)/t21-/m1/s1. The molecular formula is C26H33FN4O2. The number of likely N-dealkylation sites (N-methyl/N-ethyl adjacent to an activating group) is 1. The van der Waals surface area contributed by atoms with Gasteiger partial charge in [-0.25, -0.2) is 4.39 Å². The molecule has 2 aromatic rings. The quantitative estimate of drug-likeness (QED) is 0.728. The lowest BCUT2D eigenvalue weighted by Crippen LogP contribution is -2.38. The number of nitrogens with one attached hydrogen (secondary N) is 1. The Labute approximate surface area is 195 Å². The van der Waals surface area contributed by atoms with Crippen LogP contribution in [0, 0.1) is 11.7 Å². The Bertz CT molecular complexity index is 1050. The molecule has 2 amide bonds. The second kappa shape index (κ2) is 9.51. The van der Waals surface area contributed by atoms with E-state index in [4.69, 9.17) is 0 Å². The molecule has 2 aliphatic rings. The third kappa shape index (κ3) is 4.88. The van der Waals surface area contributed by atoms with Crippen LogP contribution >= 0.6 is 0 Å². The highest BCUT2D eigenvalue weighted by Crippen LogP contribution is 2.31. The zero-order chi connectivity index (χ0) is 23.7. The predicted molar refractivity (Wildman–Crippen MR) is 130 cm³/mol. The van der Waals surface area contributed by atoms with E-state index in [1.807, 2.05) is 19.9 Å². The van der Waals surface area contributed by atoms with Crippen molar-refractivity contribution < 1.29 is 14.0 Å². The van der Waals surface area contributed by atoms with Crippen LogP contribution in [0.2, 0.25) is 0 Å². The lowest BCUT2D eigenvalue weighted by molar-refractivity contribution is 0.0944. The highest BCUT2D eigenvalue weighted by atomic mass is 19.1. The number of fused-ring (bicyclic) bond motifs is 1. The first-order chi connectivity index (χ1) is 15.7. The maximum atomic E-state index is 15.0. The summed E-state index contributed by atoms with van der Waals surface area (Å²) in [5.74, 6) is -0.222. The summed E-state index contributed by atoms with van der Waals surface area (Å²) in [6.07, 6.45) is 1.62. The summed E-state index contributed by atoms with van der Waals surface area (Å²) in [6, 6.07) is 10.7. The average Bonchev–Trinajstić information content (AvgIpc) is 3.28. The molecule has 1 fully saturated rings. The monoisotopic (exact) mass is 452 g/mol. The fourth-order valence-electron chi connectivity index (χ4n) is 4.58. The first-order valence-corrected chi connectivity index (χ1v) is 11.7. The van der Waals surface area contributed by atoms with E-state index in [0.29, 0.717) is 54.0 Å². The number of rotatable bonds is 6. The van der Waals surface area contributed by atoms with Crippen molar-refractivity contribution in [3.63, 3.8) is 0 Å². The van der Waals surface area contributed by atoms with Crippen molar-refractivity contribution in [2.45, 2.75) is 32.7 Å². The lowest BCUT2D eigenvalue weighted by Gasteiger charge is -2.30. The van der Waals surface area contributed by atoms with E-state index >= 15 is 4.39 Å². The molecule has 6 nitrogen and oxygen atoms in total. The zero-order valence-electron chi connectivity index (χ0n) is 19.9. The highest BCUT2D eigenvalue weighted by Gasteiger charge is 2.29. The van der Waals surface area contributed by atoms with Crippen LogP contribution in [0.1, 0.15) is 46.5 Å². The number of halogens is 1. The topological polar surface area (TPSA) is 55.9 Å². The summed E-state index contributed by atoms with van der Waals surface area (Å²) in [5.41, 5.74) is 3.14. The Morgan fingerprint density at radius 1 is 1.18 bits per heavy atom. The molecule has 0 aliphatic carbocycles. The molecule has 1 atom stereocenters. The molecule has 2 aromatic carbocycles. The zero-order valence-corrected chi connectivity index (χ0v) is 19.9. The van der Waals surface area contributed by atoms with E-state index in [9.17, 15) is 9.59 Å². The van der Waals surface area contributed by atoms with Crippen LogP contribution in [-0.4, -0.2) is 63.0 Å². The molecule has 4 rings (SSSR count). The van der Waals surface area contributed by atoms with E-state index in [-0.39, 0.29) is 17.6 Å². The molecule has 2 aliphatic heterocycles. The SMILES string of the molecule is CC(C)CNC(=O)c1ccc2c(c1)CCN(c1ccc(N3CC[C@@H](N(C)C)C3)c(F)c1)C2=O. The number of amides is 2. The Morgan fingerprint density at radius 2 is 1.97 bits per heavy atom. The molecule has 0 aromatic heterocycles. The van der Waals surface area contributed by atoms with E-state index in [1.54, 1.807) is 29.2 Å². The fourth-order valence-corrected chi connectivity index (χ4v) is 4.58. The van der Waals surface area contributed by atoms with Crippen LogP contribution in [0.15, 0.2) is 36.4 Å². The largest absolute Gasteiger partial charge is 0.368 e. The number of hydrogen-bond donors (Lipinski definition) is 1. The van der Waals surface area contributed by atoms with Gasteiger partial charge in [-0.05, 0) is 74.8 Å². The Morgan fingerprint density at radius 3 is 2.64 bits per heavy atom. The molecular weight excluding hydrogens is 419 g/mol. The molecule has 2 heterocycles. The van der Waals surface area contributed by atoms with Gasteiger partial charge in [0.1, 0.15) is 5.82 Å². The van der Waals surface area contributed by atoms with Crippen LogP contribution in [0.5, 0.6) is 0 Å². The van der Waals surface area contributed by atoms with Crippen LogP contribution in [0.25, 0.3) is 0 Å². The fraction of sp³-hybridized carbons (Fsp3) is 0.462. The molecule has 33 heavy (non-hydrogen) atoms. The van der Waals surface area contributed by atoms with E-state index in [2.05, 4.69) is 29.2 Å². The van der Waals surface area contributed by atoms with Crippen LogP contribution in [0.3, 0.4) is 0 Å². The first kappa shape index (κ1) is 23.2. The summed E-state index contributed by atoms with van der Waals surface area (Å²) in [6.45, 7) is 6.77. The second-order valence-electron chi connectivity index (χ2n) is 9.67. The molecule has 1 saturated heterocycles. The maximum absolute atomic E-state index is 15.0.